The van der Waals surface area contributed by atoms with Crippen molar-refractivity contribution in [3.8, 4) is 23.2 Å². The molecule has 3 N–H and O–H groups in total. The van der Waals surface area contributed by atoms with Crippen LogP contribution in [0.15, 0.2) is 30.6 Å². The molecular weight excluding hydrogens is 634 g/mol. The number of alkyl halides is 1. The number of nitrogens with two attached hydrogens (primary N) is 1. The van der Waals surface area contributed by atoms with Crippen LogP contribution in [-0.4, -0.2) is 56.5 Å². The summed E-state index contributed by atoms with van der Waals surface area (Å²) in [4.78, 5) is 11.8. The molecule has 3 aliphatic rings. The summed E-state index contributed by atoms with van der Waals surface area (Å²) in [5.41, 5.74) is 10.0. The quantitative estimate of drug-likeness (QED) is 0.209. The number of halogens is 3. The monoisotopic (exact) mass is 660 g/mol. The Morgan fingerprint density at radius 1 is 1.22 bits per heavy atom. The Bertz CT molecular complexity index is 2070. The van der Waals surface area contributed by atoms with Crippen LogP contribution in [0.5, 0.6) is 6.01 Å². The first-order valence-corrected chi connectivity index (χ1v) is 16.1. The first kappa shape index (κ1) is 29.2. The molecule has 8 rings (SSSR count). The van der Waals surface area contributed by atoms with Gasteiger partial charge in [-0.3, -0.25) is 4.90 Å². The molecule has 3 aliphatic heterocycles. The second-order valence-electron chi connectivity index (χ2n) is 11.9. The normalized spacial score (nSPS) is 20.7. The van der Waals surface area contributed by atoms with Gasteiger partial charge >= 0.3 is 6.01 Å². The fourth-order valence-electron chi connectivity index (χ4n) is 7.25. The highest BCUT2D eigenvalue weighted by Crippen LogP contribution is 2.49. The zero-order chi connectivity index (χ0) is 31.6. The average molecular weight is 661 g/mol. The van der Waals surface area contributed by atoms with E-state index in [4.69, 9.17) is 36.8 Å². The first-order chi connectivity index (χ1) is 22.4. The van der Waals surface area contributed by atoms with Crippen LogP contribution in [0.1, 0.15) is 41.5 Å². The Hall–Kier alpha value is -4.22. The largest absolute Gasteiger partial charge is 0.461 e. The van der Waals surface area contributed by atoms with Gasteiger partial charge in [0.1, 0.15) is 35.5 Å². The molecule has 2 aromatic carbocycles. The van der Waals surface area contributed by atoms with Crippen molar-refractivity contribution >= 4 is 54.7 Å². The molecule has 14 heteroatoms. The molecule has 6 heterocycles. The Balaban J connectivity index is 1.31. The molecule has 5 aromatic rings. The molecule has 0 amide bonds. The minimum absolute atomic E-state index is 0.0971. The Morgan fingerprint density at radius 2 is 2.09 bits per heavy atom. The van der Waals surface area contributed by atoms with E-state index in [0.717, 1.165) is 47.4 Å². The number of rotatable bonds is 7. The summed E-state index contributed by atoms with van der Waals surface area (Å²) in [5.74, 6) is 0.0175. The van der Waals surface area contributed by atoms with Crippen LogP contribution in [0.4, 0.5) is 19.6 Å². The van der Waals surface area contributed by atoms with Crippen molar-refractivity contribution in [1.82, 2.24) is 25.1 Å². The molecule has 46 heavy (non-hydrogen) atoms. The molecular formula is C32H27ClF2N8O2S. The van der Waals surface area contributed by atoms with Crippen LogP contribution in [0.3, 0.4) is 0 Å². The molecule has 0 saturated carbocycles. The summed E-state index contributed by atoms with van der Waals surface area (Å²) in [6.07, 6.45) is 4.59. The molecule has 0 radical (unpaired) electrons. The van der Waals surface area contributed by atoms with E-state index < -0.39 is 17.5 Å². The average Bonchev–Trinajstić information content (AvgIpc) is 3.83. The van der Waals surface area contributed by atoms with Crippen molar-refractivity contribution in [2.75, 3.05) is 30.7 Å². The molecule has 2 fully saturated rings. The SMILES string of the molecule is N#Cc1c(N)sc2c(F)ccc(-c3c4c(c5c(NCc6ccnnc6)nc(OCC67CCCN6CC(F)C7)nc5c3Cl)COC4)c12. The van der Waals surface area contributed by atoms with E-state index >= 15 is 4.39 Å². The van der Waals surface area contributed by atoms with E-state index in [0.29, 0.717) is 52.7 Å². The molecule has 3 aromatic heterocycles. The number of anilines is 2. The van der Waals surface area contributed by atoms with Crippen LogP contribution in [0.2, 0.25) is 5.02 Å². The minimum atomic E-state index is -0.899. The molecule has 234 valence electrons. The standard InChI is InChI=1S/C32H27ClF2N8O2S/c33-26-23(18-2-3-22(35)28-24(18)19(9-36)29(37)46-28)20-13-44-14-21(20)25-27(26)41-31(42-30(25)38-10-16-4-6-39-40-11-16)45-15-32-5-1-7-43(32)12-17(34)8-32/h2-4,6,11,17H,1,5,7-8,10,12-15,37H2,(H,38,41,42). The summed E-state index contributed by atoms with van der Waals surface area (Å²) in [5, 5.41) is 22.8. The Morgan fingerprint density at radius 3 is 2.91 bits per heavy atom. The maximum atomic E-state index is 15.0. The highest BCUT2D eigenvalue weighted by molar-refractivity contribution is 7.23. The van der Waals surface area contributed by atoms with Crippen LogP contribution < -0.4 is 15.8 Å². The predicted molar refractivity (Wildman–Crippen MR) is 171 cm³/mol. The van der Waals surface area contributed by atoms with Crippen molar-refractivity contribution in [3.63, 3.8) is 0 Å². The van der Waals surface area contributed by atoms with Gasteiger partial charge in [0.25, 0.3) is 0 Å². The number of nitrogens with one attached hydrogen (secondary N) is 1. The Kier molecular flexibility index (Phi) is 7.13. The summed E-state index contributed by atoms with van der Waals surface area (Å²) < 4.78 is 42.0. The molecule has 10 nitrogen and oxygen atoms in total. The van der Waals surface area contributed by atoms with Gasteiger partial charge < -0.3 is 20.5 Å². The van der Waals surface area contributed by atoms with E-state index in [1.54, 1.807) is 18.5 Å². The maximum Gasteiger partial charge on any atom is 0.319 e. The molecule has 2 unspecified atom stereocenters. The van der Waals surface area contributed by atoms with Crippen LogP contribution in [0, 0.1) is 17.1 Å². The van der Waals surface area contributed by atoms with Crippen molar-refractivity contribution in [2.24, 2.45) is 0 Å². The minimum Gasteiger partial charge on any atom is -0.461 e. The fraction of sp³-hybridized carbons (Fsp3) is 0.344. The third kappa shape index (κ3) is 4.62. The second-order valence-corrected chi connectivity index (χ2v) is 13.4. The lowest BCUT2D eigenvalue weighted by atomic mass is 9.91. The van der Waals surface area contributed by atoms with Gasteiger partial charge in [-0.1, -0.05) is 17.7 Å². The van der Waals surface area contributed by atoms with E-state index in [1.807, 2.05) is 6.07 Å². The predicted octanol–water partition coefficient (Wildman–Crippen LogP) is 6.15. The molecule has 2 atom stereocenters. The topological polar surface area (TPSA) is 135 Å². The van der Waals surface area contributed by atoms with Crippen LogP contribution >= 0.6 is 22.9 Å². The van der Waals surface area contributed by atoms with E-state index in [1.165, 1.54) is 6.07 Å². The fourth-order valence-corrected chi connectivity index (χ4v) is 8.55. The number of hydrogen-bond acceptors (Lipinski definition) is 11. The van der Waals surface area contributed by atoms with Gasteiger partial charge in [0.15, 0.2) is 0 Å². The zero-order valence-corrected chi connectivity index (χ0v) is 26.0. The van der Waals surface area contributed by atoms with Crippen molar-refractivity contribution in [1.29, 1.82) is 5.26 Å². The van der Waals surface area contributed by atoms with Crippen LogP contribution in [0.25, 0.3) is 32.1 Å². The lowest BCUT2D eigenvalue weighted by Crippen LogP contribution is -2.43. The molecule has 2 saturated heterocycles. The van der Waals surface area contributed by atoms with Crippen molar-refractivity contribution in [2.45, 2.75) is 50.7 Å². The van der Waals surface area contributed by atoms with Crippen LogP contribution in [-0.2, 0) is 24.5 Å². The molecule has 0 bridgehead atoms. The molecule has 0 aliphatic carbocycles. The number of benzene rings is 2. The zero-order valence-electron chi connectivity index (χ0n) is 24.4. The lowest BCUT2D eigenvalue weighted by molar-refractivity contribution is 0.107. The van der Waals surface area contributed by atoms with Gasteiger partial charge in [0, 0.05) is 36.7 Å². The van der Waals surface area contributed by atoms with E-state index in [9.17, 15) is 9.65 Å². The second kappa shape index (κ2) is 11.2. The summed E-state index contributed by atoms with van der Waals surface area (Å²) in [6.45, 7) is 2.37. The number of fused-ring (bicyclic) bond motifs is 5. The molecule has 0 spiro atoms. The number of nitriles is 1. The summed E-state index contributed by atoms with van der Waals surface area (Å²) in [7, 11) is 0. The number of nitrogens with zero attached hydrogens (tertiary/aromatic N) is 6. The van der Waals surface area contributed by atoms with E-state index in [2.05, 4.69) is 26.5 Å². The number of ether oxygens (including phenoxy) is 2. The third-order valence-corrected chi connectivity index (χ3v) is 10.7. The number of hydrogen-bond donors (Lipinski definition) is 2. The van der Waals surface area contributed by atoms with Crippen molar-refractivity contribution in [3.05, 3.63) is 63.7 Å². The first-order valence-electron chi connectivity index (χ1n) is 14.9. The maximum absolute atomic E-state index is 15.0. The van der Waals surface area contributed by atoms with Gasteiger partial charge in [0.05, 0.1) is 51.1 Å². The highest BCUT2D eigenvalue weighted by atomic mass is 35.5. The smallest absolute Gasteiger partial charge is 0.319 e. The Labute approximate surface area is 271 Å². The highest BCUT2D eigenvalue weighted by Gasteiger charge is 2.49. The van der Waals surface area contributed by atoms with E-state index in [-0.39, 0.29) is 46.1 Å². The summed E-state index contributed by atoms with van der Waals surface area (Å²) >= 11 is 8.31. The van der Waals surface area contributed by atoms with Gasteiger partial charge in [-0.2, -0.15) is 25.4 Å². The number of thiophene rings is 1. The number of aromatic nitrogens is 4. The van der Waals surface area contributed by atoms with Gasteiger partial charge in [-0.15, -0.1) is 11.3 Å². The van der Waals surface area contributed by atoms with Gasteiger partial charge in [-0.25, -0.2) is 8.78 Å². The number of nitrogen functional groups attached to an aromatic ring is 1. The lowest BCUT2D eigenvalue weighted by Gasteiger charge is -2.30. The van der Waals surface area contributed by atoms with Crippen molar-refractivity contribution < 1.29 is 18.3 Å². The van der Waals surface area contributed by atoms with Gasteiger partial charge in [-0.05, 0) is 53.8 Å². The third-order valence-electron chi connectivity index (χ3n) is 9.31. The van der Waals surface area contributed by atoms with Gasteiger partial charge in [0.2, 0.25) is 0 Å². The summed E-state index contributed by atoms with van der Waals surface area (Å²) in [6, 6.07) is 7.06.